The normalized spacial score (nSPS) is 10.1. The lowest BCUT2D eigenvalue weighted by molar-refractivity contribution is 0.0763. The third-order valence-electron chi connectivity index (χ3n) is 3.99. The van der Waals surface area contributed by atoms with Gasteiger partial charge in [0.05, 0.1) is 6.07 Å². The van der Waals surface area contributed by atoms with E-state index >= 15 is 0 Å². The summed E-state index contributed by atoms with van der Waals surface area (Å²) in [6.45, 7) is 0.181. The molecule has 1 heterocycles. The van der Waals surface area contributed by atoms with Crippen LogP contribution in [0, 0.1) is 11.3 Å². The maximum Gasteiger partial charge on any atom is 0.261 e. The number of aromatic amines is 1. The van der Waals surface area contributed by atoms with Crippen molar-refractivity contribution >= 4 is 5.91 Å². The van der Waals surface area contributed by atoms with E-state index in [-0.39, 0.29) is 18.7 Å². The van der Waals surface area contributed by atoms with Crippen molar-refractivity contribution in [1.29, 1.82) is 5.26 Å². The van der Waals surface area contributed by atoms with Gasteiger partial charge in [0.1, 0.15) is 12.1 Å². The van der Waals surface area contributed by atoms with Crippen LogP contribution in [0.3, 0.4) is 0 Å². The van der Waals surface area contributed by atoms with Crippen molar-refractivity contribution in [3.05, 3.63) is 94.3 Å². The van der Waals surface area contributed by atoms with Crippen molar-refractivity contribution in [3.63, 3.8) is 0 Å². The highest BCUT2D eigenvalue weighted by molar-refractivity contribution is 5.94. The van der Waals surface area contributed by atoms with Crippen LogP contribution in [0.1, 0.15) is 15.9 Å². The third kappa shape index (κ3) is 3.87. The number of hydrogen-bond acceptors (Lipinski definition) is 3. The molecule has 0 saturated carbocycles. The lowest BCUT2D eigenvalue weighted by atomic mass is 10.1. The highest BCUT2D eigenvalue weighted by atomic mass is 16.2. The minimum atomic E-state index is -0.465. The Kier molecular flexibility index (Phi) is 5.25. The molecular formula is C21H17N3O2. The molecule has 3 rings (SSSR count). The topological polar surface area (TPSA) is 77.0 Å². The Hall–Kier alpha value is -3.65. The van der Waals surface area contributed by atoms with Crippen molar-refractivity contribution in [1.82, 2.24) is 9.88 Å². The first kappa shape index (κ1) is 17.2. The van der Waals surface area contributed by atoms with Crippen LogP contribution in [-0.4, -0.2) is 22.3 Å². The molecule has 3 aromatic rings. The predicted molar refractivity (Wildman–Crippen MR) is 99.3 cm³/mol. The summed E-state index contributed by atoms with van der Waals surface area (Å²) in [6, 6.07) is 24.0. The zero-order valence-electron chi connectivity index (χ0n) is 14.1. The van der Waals surface area contributed by atoms with Crippen molar-refractivity contribution in [2.24, 2.45) is 0 Å². The number of amides is 1. The minimum absolute atomic E-state index is 0.0239. The molecule has 0 aliphatic rings. The maximum absolute atomic E-state index is 12.8. The average Bonchev–Trinajstić information content (AvgIpc) is 2.68. The number of carbonyl (C=O) groups is 1. The first-order valence-electron chi connectivity index (χ1n) is 8.18. The molecule has 128 valence electrons. The van der Waals surface area contributed by atoms with E-state index in [4.69, 9.17) is 5.26 Å². The van der Waals surface area contributed by atoms with Crippen LogP contribution in [0.2, 0.25) is 0 Å². The Balaban J connectivity index is 1.87. The van der Waals surface area contributed by atoms with Gasteiger partial charge in [-0.05, 0) is 23.3 Å². The molecule has 0 fully saturated rings. The van der Waals surface area contributed by atoms with Gasteiger partial charge < -0.3 is 9.88 Å². The van der Waals surface area contributed by atoms with E-state index in [1.165, 1.54) is 11.0 Å². The van der Waals surface area contributed by atoms with Crippen LogP contribution in [0.15, 0.2) is 77.6 Å². The summed E-state index contributed by atoms with van der Waals surface area (Å²) in [7, 11) is 0. The van der Waals surface area contributed by atoms with Crippen molar-refractivity contribution in [2.45, 2.75) is 6.54 Å². The number of pyridine rings is 1. The summed E-state index contributed by atoms with van der Waals surface area (Å²) in [5.41, 5.74) is 1.96. The monoisotopic (exact) mass is 343 g/mol. The first-order valence-corrected chi connectivity index (χ1v) is 8.18. The molecule has 0 bridgehead atoms. The molecule has 0 radical (unpaired) electrons. The fourth-order valence-corrected chi connectivity index (χ4v) is 2.69. The molecule has 0 saturated heterocycles. The van der Waals surface area contributed by atoms with Crippen molar-refractivity contribution in [2.75, 3.05) is 6.54 Å². The molecule has 0 aliphatic carbocycles. The van der Waals surface area contributed by atoms with Crippen LogP contribution in [0.5, 0.6) is 0 Å². The number of nitriles is 1. The van der Waals surface area contributed by atoms with Crippen LogP contribution >= 0.6 is 0 Å². The fourth-order valence-electron chi connectivity index (χ4n) is 2.69. The van der Waals surface area contributed by atoms with Gasteiger partial charge in [-0.25, -0.2) is 0 Å². The number of carbonyl (C=O) groups excluding carboxylic acids is 1. The molecule has 5 heteroatoms. The van der Waals surface area contributed by atoms with Crippen molar-refractivity contribution < 1.29 is 4.79 Å². The molecule has 0 unspecified atom stereocenters. The van der Waals surface area contributed by atoms with Crippen LogP contribution < -0.4 is 5.56 Å². The summed E-state index contributed by atoms with van der Waals surface area (Å²) in [6.07, 6.45) is 0. The van der Waals surface area contributed by atoms with Crippen LogP contribution in [0.25, 0.3) is 11.3 Å². The summed E-state index contributed by atoms with van der Waals surface area (Å²) in [4.78, 5) is 29.3. The Morgan fingerprint density at radius 2 is 1.62 bits per heavy atom. The number of nitrogens with one attached hydrogen (secondary N) is 1. The quantitative estimate of drug-likeness (QED) is 0.723. The van der Waals surface area contributed by atoms with Gasteiger partial charge >= 0.3 is 0 Å². The SMILES string of the molecule is N#CCN(Cc1ccccc1)C(=O)c1ccc(-c2ccccc2)[nH]c1=O. The number of benzene rings is 2. The molecule has 26 heavy (non-hydrogen) atoms. The van der Waals surface area contributed by atoms with Gasteiger partial charge in [-0.3, -0.25) is 9.59 Å². The predicted octanol–water partition coefficient (Wildman–Crippen LogP) is 3.21. The zero-order valence-corrected chi connectivity index (χ0v) is 14.1. The molecular weight excluding hydrogens is 326 g/mol. The number of H-pyrrole nitrogens is 1. The highest BCUT2D eigenvalue weighted by Crippen LogP contribution is 2.15. The van der Waals surface area contributed by atoms with E-state index in [9.17, 15) is 9.59 Å². The van der Waals surface area contributed by atoms with Gasteiger partial charge in [0.25, 0.3) is 11.5 Å². The molecule has 1 amide bonds. The number of rotatable bonds is 5. The van der Waals surface area contributed by atoms with Crippen LogP contribution in [0.4, 0.5) is 0 Å². The second-order valence-electron chi connectivity index (χ2n) is 5.79. The number of hydrogen-bond donors (Lipinski definition) is 1. The lowest BCUT2D eigenvalue weighted by Crippen LogP contribution is -2.34. The fraction of sp³-hybridized carbons (Fsp3) is 0.0952. The van der Waals surface area contributed by atoms with Gasteiger partial charge in [0, 0.05) is 12.2 Å². The van der Waals surface area contributed by atoms with E-state index in [1.54, 1.807) is 6.07 Å². The van der Waals surface area contributed by atoms with E-state index in [0.717, 1.165) is 11.1 Å². The minimum Gasteiger partial charge on any atom is -0.321 e. The van der Waals surface area contributed by atoms with E-state index < -0.39 is 11.5 Å². The molecule has 1 aromatic heterocycles. The Morgan fingerprint density at radius 1 is 0.962 bits per heavy atom. The highest BCUT2D eigenvalue weighted by Gasteiger charge is 2.19. The summed E-state index contributed by atoms with van der Waals surface area (Å²) < 4.78 is 0. The van der Waals surface area contributed by atoms with Gasteiger partial charge in [0.2, 0.25) is 0 Å². The maximum atomic E-state index is 12.8. The van der Waals surface area contributed by atoms with E-state index in [0.29, 0.717) is 5.69 Å². The lowest BCUT2D eigenvalue weighted by Gasteiger charge is -2.19. The standard InChI is InChI=1S/C21H17N3O2/c22-13-14-24(15-16-7-3-1-4-8-16)21(26)18-11-12-19(23-20(18)25)17-9-5-2-6-10-17/h1-12H,14-15H2,(H,23,25). The summed E-state index contributed by atoms with van der Waals surface area (Å²) >= 11 is 0. The van der Waals surface area contributed by atoms with Gasteiger partial charge in [-0.1, -0.05) is 60.7 Å². The first-order chi connectivity index (χ1) is 12.7. The Morgan fingerprint density at radius 3 is 2.23 bits per heavy atom. The molecule has 5 nitrogen and oxygen atoms in total. The smallest absolute Gasteiger partial charge is 0.261 e. The van der Waals surface area contributed by atoms with Gasteiger partial charge in [0.15, 0.2) is 0 Å². The molecule has 0 atom stereocenters. The van der Waals surface area contributed by atoms with Crippen LogP contribution in [-0.2, 0) is 6.54 Å². The molecule has 0 spiro atoms. The third-order valence-corrected chi connectivity index (χ3v) is 3.99. The van der Waals surface area contributed by atoms with Crippen molar-refractivity contribution in [3.8, 4) is 17.3 Å². The van der Waals surface area contributed by atoms with E-state index in [2.05, 4.69) is 4.98 Å². The van der Waals surface area contributed by atoms with Gasteiger partial charge in [-0.15, -0.1) is 0 Å². The molecule has 0 aliphatic heterocycles. The number of nitrogens with zero attached hydrogens (tertiary/aromatic N) is 2. The largest absolute Gasteiger partial charge is 0.321 e. The zero-order chi connectivity index (χ0) is 18.4. The molecule has 1 N–H and O–H groups in total. The number of aromatic nitrogens is 1. The summed E-state index contributed by atoms with van der Waals surface area (Å²) in [5, 5.41) is 9.04. The Labute approximate surface area is 151 Å². The second-order valence-corrected chi connectivity index (χ2v) is 5.79. The van der Waals surface area contributed by atoms with E-state index in [1.807, 2.05) is 66.7 Å². The second kappa shape index (κ2) is 7.95. The Bertz CT molecular complexity index is 989. The molecule has 2 aromatic carbocycles. The van der Waals surface area contributed by atoms with Gasteiger partial charge in [-0.2, -0.15) is 5.26 Å². The summed E-state index contributed by atoms with van der Waals surface area (Å²) in [5.74, 6) is -0.462. The average molecular weight is 343 g/mol.